The summed E-state index contributed by atoms with van der Waals surface area (Å²) in [5, 5.41) is 3.99. The summed E-state index contributed by atoms with van der Waals surface area (Å²) in [4.78, 5) is 30.3. The minimum Gasteiger partial charge on any atom is -0.465 e. The Morgan fingerprint density at radius 3 is 2.77 bits per heavy atom. The summed E-state index contributed by atoms with van der Waals surface area (Å²) in [7, 11) is 1.34. The molecule has 0 radical (unpaired) electrons. The number of carbonyl (C=O) groups excluding carboxylic acids is 2. The molecule has 0 atom stereocenters. The van der Waals surface area contributed by atoms with Crippen molar-refractivity contribution in [2.75, 3.05) is 43.6 Å². The highest BCUT2D eigenvalue weighted by Gasteiger charge is 2.18. The third-order valence-electron chi connectivity index (χ3n) is 5.36. The highest BCUT2D eigenvalue weighted by atomic mass is 16.5. The molecule has 0 aliphatic carbocycles. The van der Waals surface area contributed by atoms with Crippen LogP contribution in [0.25, 0.3) is 10.9 Å². The molecule has 3 aromatic rings. The number of aryl methyl sites for hydroxylation is 1. The van der Waals surface area contributed by atoms with Crippen molar-refractivity contribution < 1.29 is 19.1 Å². The van der Waals surface area contributed by atoms with Gasteiger partial charge in [-0.3, -0.25) is 4.79 Å². The zero-order valence-electron chi connectivity index (χ0n) is 16.9. The smallest absolute Gasteiger partial charge is 0.340 e. The van der Waals surface area contributed by atoms with E-state index in [2.05, 4.69) is 15.2 Å². The number of aromatic amines is 1. The van der Waals surface area contributed by atoms with E-state index in [9.17, 15) is 9.59 Å². The monoisotopic (exact) mass is 407 g/mol. The molecule has 7 heteroatoms. The fourth-order valence-electron chi connectivity index (χ4n) is 3.74. The average Bonchev–Trinajstić information content (AvgIpc) is 3.21. The van der Waals surface area contributed by atoms with Crippen molar-refractivity contribution in [2.24, 2.45) is 0 Å². The van der Waals surface area contributed by atoms with Gasteiger partial charge in [-0.05, 0) is 36.2 Å². The molecule has 0 unspecified atom stereocenters. The van der Waals surface area contributed by atoms with Gasteiger partial charge >= 0.3 is 5.97 Å². The van der Waals surface area contributed by atoms with Crippen molar-refractivity contribution >= 4 is 34.2 Å². The summed E-state index contributed by atoms with van der Waals surface area (Å²) >= 11 is 0. The Morgan fingerprint density at radius 1 is 1.17 bits per heavy atom. The van der Waals surface area contributed by atoms with E-state index in [0.717, 1.165) is 35.2 Å². The van der Waals surface area contributed by atoms with Crippen LogP contribution in [-0.2, 0) is 20.7 Å². The quantitative estimate of drug-likeness (QED) is 0.612. The first-order chi connectivity index (χ1) is 14.7. The van der Waals surface area contributed by atoms with Crippen LogP contribution >= 0.6 is 0 Å². The lowest BCUT2D eigenvalue weighted by molar-refractivity contribution is -0.116. The second-order valence-electron chi connectivity index (χ2n) is 7.23. The van der Waals surface area contributed by atoms with Gasteiger partial charge in [0, 0.05) is 42.3 Å². The van der Waals surface area contributed by atoms with E-state index < -0.39 is 5.97 Å². The molecule has 0 spiro atoms. The number of esters is 1. The first kappa shape index (κ1) is 20.0. The normalized spacial score (nSPS) is 14.0. The number of carbonyl (C=O) groups is 2. The zero-order valence-corrected chi connectivity index (χ0v) is 16.9. The van der Waals surface area contributed by atoms with Crippen molar-refractivity contribution in [3.63, 3.8) is 0 Å². The molecule has 1 fully saturated rings. The molecule has 1 aromatic heterocycles. The van der Waals surface area contributed by atoms with Gasteiger partial charge < -0.3 is 24.7 Å². The highest BCUT2D eigenvalue weighted by Crippen LogP contribution is 2.26. The molecule has 4 rings (SSSR count). The maximum atomic E-state index is 12.6. The van der Waals surface area contributed by atoms with Crippen LogP contribution in [0, 0.1) is 0 Å². The fraction of sp³-hybridized carbons (Fsp3) is 0.304. The second-order valence-corrected chi connectivity index (χ2v) is 7.23. The maximum Gasteiger partial charge on any atom is 0.340 e. The number of H-pyrrole nitrogens is 1. The molecule has 0 saturated carbocycles. The summed E-state index contributed by atoms with van der Waals surface area (Å²) in [6.45, 7) is 2.83. The Hall–Kier alpha value is -3.32. The van der Waals surface area contributed by atoms with Gasteiger partial charge in [0.15, 0.2) is 0 Å². The van der Waals surface area contributed by atoms with Crippen molar-refractivity contribution in [3.05, 3.63) is 59.8 Å². The number of para-hydroxylation sites is 1. The van der Waals surface area contributed by atoms with Gasteiger partial charge in [-0.1, -0.05) is 18.2 Å². The van der Waals surface area contributed by atoms with Crippen LogP contribution in [0.1, 0.15) is 22.3 Å². The van der Waals surface area contributed by atoms with E-state index in [1.54, 1.807) is 12.1 Å². The molecule has 2 aromatic carbocycles. The minimum absolute atomic E-state index is 0.149. The summed E-state index contributed by atoms with van der Waals surface area (Å²) in [5.41, 5.74) is 3.87. The van der Waals surface area contributed by atoms with Gasteiger partial charge in [0.05, 0.1) is 31.6 Å². The molecule has 1 saturated heterocycles. The third kappa shape index (κ3) is 4.31. The predicted molar refractivity (Wildman–Crippen MR) is 116 cm³/mol. The Balaban J connectivity index is 1.47. The maximum absolute atomic E-state index is 12.6. The number of methoxy groups -OCH3 is 1. The third-order valence-corrected chi connectivity index (χ3v) is 5.36. The molecule has 1 aliphatic rings. The van der Waals surface area contributed by atoms with Gasteiger partial charge in [0.1, 0.15) is 0 Å². The van der Waals surface area contributed by atoms with Crippen LogP contribution in [-0.4, -0.2) is 50.3 Å². The first-order valence-electron chi connectivity index (χ1n) is 10.1. The van der Waals surface area contributed by atoms with Crippen LogP contribution in [0.4, 0.5) is 11.4 Å². The highest BCUT2D eigenvalue weighted by molar-refractivity contribution is 6.02. The van der Waals surface area contributed by atoms with Crippen LogP contribution in [0.15, 0.2) is 48.7 Å². The number of nitrogens with one attached hydrogen (secondary N) is 2. The number of anilines is 2. The van der Waals surface area contributed by atoms with Gasteiger partial charge in [0.25, 0.3) is 0 Å². The molecular weight excluding hydrogens is 382 g/mol. The second kappa shape index (κ2) is 9.00. The number of fused-ring (bicyclic) bond motifs is 1. The average molecular weight is 407 g/mol. The molecule has 2 N–H and O–H groups in total. The van der Waals surface area contributed by atoms with Gasteiger partial charge in [-0.25, -0.2) is 4.79 Å². The van der Waals surface area contributed by atoms with E-state index in [1.807, 2.05) is 36.5 Å². The van der Waals surface area contributed by atoms with E-state index in [1.165, 1.54) is 7.11 Å². The number of amides is 1. The lowest BCUT2D eigenvalue weighted by Crippen LogP contribution is -2.36. The van der Waals surface area contributed by atoms with Crippen LogP contribution in [0.2, 0.25) is 0 Å². The van der Waals surface area contributed by atoms with E-state index in [0.29, 0.717) is 37.3 Å². The van der Waals surface area contributed by atoms with E-state index in [-0.39, 0.29) is 5.91 Å². The SMILES string of the molecule is COC(=O)c1cc(N2CCOCC2)ccc1NC(=O)CCc1c[nH]c2ccccc12. The molecule has 0 bridgehead atoms. The predicted octanol–water partition coefficient (Wildman–Crippen LogP) is 3.36. The van der Waals surface area contributed by atoms with Crippen molar-refractivity contribution in [1.82, 2.24) is 4.98 Å². The molecule has 1 aliphatic heterocycles. The fourth-order valence-corrected chi connectivity index (χ4v) is 3.74. The lowest BCUT2D eigenvalue weighted by atomic mass is 10.1. The Kier molecular flexibility index (Phi) is 5.99. The lowest BCUT2D eigenvalue weighted by Gasteiger charge is -2.29. The number of benzene rings is 2. The number of rotatable bonds is 6. The van der Waals surface area contributed by atoms with Crippen LogP contribution in [0.3, 0.4) is 0 Å². The van der Waals surface area contributed by atoms with Crippen molar-refractivity contribution in [2.45, 2.75) is 12.8 Å². The van der Waals surface area contributed by atoms with Crippen LogP contribution in [0.5, 0.6) is 0 Å². The summed E-state index contributed by atoms with van der Waals surface area (Å²) in [6.07, 6.45) is 2.86. The topological polar surface area (TPSA) is 83.7 Å². The largest absolute Gasteiger partial charge is 0.465 e. The van der Waals surface area contributed by atoms with E-state index >= 15 is 0 Å². The molecular formula is C23H25N3O4. The zero-order chi connectivity index (χ0) is 20.9. The Morgan fingerprint density at radius 2 is 1.97 bits per heavy atom. The number of ether oxygens (including phenoxy) is 2. The Bertz CT molecular complexity index is 1050. The Labute approximate surface area is 175 Å². The molecule has 7 nitrogen and oxygen atoms in total. The van der Waals surface area contributed by atoms with Crippen LogP contribution < -0.4 is 10.2 Å². The number of hydrogen-bond acceptors (Lipinski definition) is 5. The van der Waals surface area contributed by atoms with Crippen molar-refractivity contribution in [1.29, 1.82) is 0 Å². The molecule has 2 heterocycles. The number of hydrogen-bond donors (Lipinski definition) is 2. The van der Waals surface area contributed by atoms with Crippen molar-refractivity contribution in [3.8, 4) is 0 Å². The molecule has 30 heavy (non-hydrogen) atoms. The van der Waals surface area contributed by atoms with Gasteiger partial charge in [-0.15, -0.1) is 0 Å². The molecule has 156 valence electrons. The first-order valence-corrected chi connectivity index (χ1v) is 10.1. The van der Waals surface area contributed by atoms with Gasteiger partial charge in [0.2, 0.25) is 5.91 Å². The molecule has 1 amide bonds. The summed E-state index contributed by atoms with van der Waals surface area (Å²) in [5.74, 6) is -0.624. The number of aromatic nitrogens is 1. The standard InChI is InChI=1S/C23H25N3O4/c1-29-23(28)19-14-17(26-10-12-30-13-11-26)7-8-21(19)25-22(27)9-6-16-15-24-20-5-3-2-4-18(16)20/h2-5,7-8,14-15,24H,6,9-13H2,1H3,(H,25,27). The number of nitrogens with zero attached hydrogens (tertiary/aromatic N) is 1. The number of morpholine rings is 1. The summed E-state index contributed by atoms with van der Waals surface area (Å²) < 4.78 is 10.3. The van der Waals surface area contributed by atoms with Gasteiger partial charge in [-0.2, -0.15) is 0 Å². The summed E-state index contributed by atoms with van der Waals surface area (Å²) in [6, 6.07) is 13.5. The van der Waals surface area contributed by atoms with E-state index in [4.69, 9.17) is 9.47 Å². The minimum atomic E-state index is -0.475.